The molecule has 1 heterocycles. The lowest BCUT2D eigenvalue weighted by atomic mass is 9.95. The first-order valence-electron chi connectivity index (χ1n) is 9.96. The number of aryl methyl sites for hydroxylation is 1. The van der Waals surface area contributed by atoms with E-state index in [0.29, 0.717) is 10.6 Å². The first-order valence-corrected chi connectivity index (χ1v) is 10.8. The number of carbonyl (C=O) groups excluding carboxylic acids is 3. The van der Waals surface area contributed by atoms with Crippen molar-refractivity contribution in [3.63, 3.8) is 0 Å². The van der Waals surface area contributed by atoms with E-state index < -0.39 is 17.8 Å². The zero-order valence-electron chi connectivity index (χ0n) is 17.4. The Balaban J connectivity index is 1.62. The fourth-order valence-corrected chi connectivity index (χ4v) is 4.62. The van der Waals surface area contributed by atoms with Crippen molar-refractivity contribution in [2.45, 2.75) is 52.2 Å². The summed E-state index contributed by atoms with van der Waals surface area (Å²) in [5.74, 6) is -1.32. The molecule has 0 spiro atoms. The van der Waals surface area contributed by atoms with Crippen molar-refractivity contribution in [1.29, 1.82) is 0 Å². The van der Waals surface area contributed by atoms with Crippen LogP contribution >= 0.6 is 11.3 Å². The van der Waals surface area contributed by atoms with Gasteiger partial charge in [-0.15, -0.1) is 11.3 Å². The molecule has 3 rings (SSSR count). The summed E-state index contributed by atoms with van der Waals surface area (Å²) in [6.45, 7) is 4.10. The first kappa shape index (κ1) is 21.8. The number of benzene rings is 1. The van der Waals surface area contributed by atoms with Crippen molar-refractivity contribution >= 4 is 34.1 Å². The van der Waals surface area contributed by atoms with Crippen LogP contribution in [0.5, 0.6) is 5.75 Å². The minimum absolute atomic E-state index is 0.0806. The van der Waals surface area contributed by atoms with E-state index in [4.69, 9.17) is 9.47 Å². The Kier molecular flexibility index (Phi) is 7.10. The summed E-state index contributed by atoms with van der Waals surface area (Å²) in [7, 11) is 1.31. The van der Waals surface area contributed by atoms with Gasteiger partial charge < -0.3 is 20.1 Å². The highest BCUT2D eigenvalue weighted by atomic mass is 32.1. The minimum Gasteiger partial charge on any atom is -0.491 e. The number of esters is 1. The number of hydrogen-bond donors (Lipinski definition) is 2. The first-order chi connectivity index (χ1) is 14.4. The van der Waals surface area contributed by atoms with Gasteiger partial charge in [-0.1, -0.05) is 12.1 Å². The van der Waals surface area contributed by atoms with E-state index in [1.165, 1.54) is 18.4 Å². The normalized spacial score (nSPS) is 12.8. The Labute approximate surface area is 179 Å². The molecular weight excluding hydrogens is 404 g/mol. The Hall–Kier alpha value is -2.87. The number of anilines is 1. The van der Waals surface area contributed by atoms with Gasteiger partial charge in [0, 0.05) is 11.4 Å². The second kappa shape index (κ2) is 9.75. The van der Waals surface area contributed by atoms with Gasteiger partial charge in [0.1, 0.15) is 10.8 Å². The van der Waals surface area contributed by atoms with E-state index in [0.717, 1.165) is 47.4 Å². The number of fused-ring (bicyclic) bond motifs is 1. The smallest absolute Gasteiger partial charge is 0.341 e. The fourth-order valence-electron chi connectivity index (χ4n) is 3.35. The van der Waals surface area contributed by atoms with Crippen LogP contribution in [0, 0.1) is 0 Å². The predicted molar refractivity (Wildman–Crippen MR) is 115 cm³/mol. The third-order valence-electron chi connectivity index (χ3n) is 4.74. The summed E-state index contributed by atoms with van der Waals surface area (Å²) in [5.41, 5.74) is 2.14. The van der Waals surface area contributed by atoms with Crippen LogP contribution in [0.2, 0.25) is 0 Å². The highest BCUT2D eigenvalue weighted by Crippen LogP contribution is 2.38. The van der Waals surface area contributed by atoms with Crippen LogP contribution in [0.4, 0.5) is 5.00 Å². The number of rotatable bonds is 6. The van der Waals surface area contributed by atoms with Gasteiger partial charge in [0.2, 0.25) is 0 Å². The zero-order chi connectivity index (χ0) is 21.7. The van der Waals surface area contributed by atoms with Crippen LogP contribution in [0.1, 0.15) is 53.1 Å². The molecule has 0 saturated carbocycles. The molecular formula is C22H26N2O5S. The van der Waals surface area contributed by atoms with E-state index >= 15 is 0 Å². The highest BCUT2D eigenvalue weighted by Gasteiger charge is 2.28. The third-order valence-corrected chi connectivity index (χ3v) is 5.95. The van der Waals surface area contributed by atoms with Crippen LogP contribution in [0.15, 0.2) is 24.3 Å². The molecule has 2 N–H and O–H groups in total. The molecule has 0 bridgehead atoms. The maximum Gasteiger partial charge on any atom is 0.341 e. The predicted octanol–water partition coefficient (Wildman–Crippen LogP) is 3.46. The number of amides is 2. The van der Waals surface area contributed by atoms with Gasteiger partial charge in [-0.05, 0) is 62.8 Å². The molecule has 8 heteroatoms. The van der Waals surface area contributed by atoms with Gasteiger partial charge in [0.05, 0.1) is 18.8 Å². The van der Waals surface area contributed by atoms with Gasteiger partial charge in [0.25, 0.3) is 0 Å². The Morgan fingerprint density at radius 2 is 1.77 bits per heavy atom. The molecule has 2 aromatic rings. The summed E-state index contributed by atoms with van der Waals surface area (Å²) in [6.07, 6.45) is 3.75. The number of methoxy groups -OCH3 is 1. The van der Waals surface area contributed by atoms with E-state index in [1.807, 2.05) is 38.1 Å². The lowest BCUT2D eigenvalue weighted by molar-refractivity contribution is -0.136. The molecule has 1 aliphatic carbocycles. The third kappa shape index (κ3) is 5.18. The van der Waals surface area contributed by atoms with Gasteiger partial charge in [-0.3, -0.25) is 9.59 Å². The molecule has 0 aliphatic heterocycles. The number of nitrogens with one attached hydrogen (secondary N) is 2. The van der Waals surface area contributed by atoms with E-state index in [2.05, 4.69) is 10.6 Å². The molecule has 0 fully saturated rings. The summed E-state index contributed by atoms with van der Waals surface area (Å²) < 4.78 is 10.5. The lowest BCUT2D eigenvalue weighted by Gasteiger charge is -2.12. The largest absolute Gasteiger partial charge is 0.491 e. The van der Waals surface area contributed by atoms with Crippen molar-refractivity contribution in [3.8, 4) is 5.75 Å². The lowest BCUT2D eigenvalue weighted by Crippen LogP contribution is -2.35. The average Bonchev–Trinajstić information content (AvgIpc) is 3.09. The molecule has 1 aromatic heterocycles. The van der Waals surface area contributed by atoms with Gasteiger partial charge >= 0.3 is 17.8 Å². The summed E-state index contributed by atoms with van der Waals surface area (Å²) in [6, 6.07) is 7.30. The summed E-state index contributed by atoms with van der Waals surface area (Å²) in [5, 5.41) is 5.58. The summed E-state index contributed by atoms with van der Waals surface area (Å²) in [4.78, 5) is 38.0. The van der Waals surface area contributed by atoms with Gasteiger partial charge in [0.15, 0.2) is 0 Å². The van der Waals surface area contributed by atoms with Crippen LogP contribution in [0.25, 0.3) is 0 Å². The summed E-state index contributed by atoms with van der Waals surface area (Å²) >= 11 is 1.35. The Morgan fingerprint density at radius 3 is 2.43 bits per heavy atom. The van der Waals surface area contributed by atoms with E-state index in [9.17, 15) is 14.4 Å². The van der Waals surface area contributed by atoms with Crippen LogP contribution in [0.3, 0.4) is 0 Å². The molecule has 2 amide bonds. The molecule has 0 unspecified atom stereocenters. The van der Waals surface area contributed by atoms with Crippen molar-refractivity contribution < 1.29 is 23.9 Å². The van der Waals surface area contributed by atoms with Crippen molar-refractivity contribution in [1.82, 2.24) is 5.32 Å². The molecule has 0 saturated heterocycles. The molecule has 0 radical (unpaired) electrons. The highest BCUT2D eigenvalue weighted by molar-refractivity contribution is 7.17. The number of thiophene rings is 1. The standard InChI is InChI=1S/C22H26N2O5S/c1-13(2)29-15-10-8-14(9-11-15)12-23-19(25)20(26)24-21-18(22(27)28-3)16-6-4-5-7-17(16)30-21/h8-11,13H,4-7,12H2,1-3H3,(H,23,25)(H,24,26). The molecule has 0 atom stereocenters. The van der Waals surface area contributed by atoms with Crippen LogP contribution in [-0.2, 0) is 33.7 Å². The van der Waals surface area contributed by atoms with Crippen molar-refractivity contribution in [3.05, 3.63) is 45.8 Å². The monoisotopic (exact) mass is 430 g/mol. The SMILES string of the molecule is COC(=O)c1c(NC(=O)C(=O)NCc2ccc(OC(C)C)cc2)sc2c1CCCC2. The quantitative estimate of drug-likeness (QED) is 0.541. The topological polar surface area (TPSA) is 93.7 Å². The maximum absolute atomic E-state index is 12.4. The van der Waals surface area contributed by atoms with Crippen LogP contribution < -0.4 is 15.4 Å². The van der Waals surface area contributed by atoms with Crippen molar-refractivity contribution in [2.24, 2.45) is 0 Å². The molecule has 1 aliphatic rings. The van der Waals surface area contributed by atoms with Gasteiger partial charge in [-0.2, -0.15) is 0 Å². The Bertz CT molecular complexity index is 934. The molecule has 30 heavy (non-hydrogen) atoms. The number of hydrogen-bond acceptors (Lipinski definition) is 6. The maximum atomic E-state index is 12.4. The van der Waals surface area contributed by atoms with Crippen molar-refractivity contribution in [2.75, 3.05) is 12.4 Å². The Morgan fingerprint density at radius 1 is 1.07 bits per heavy atom. The molecule has 160 valence electrons. The number of ether oxygens (including phenoxy) is 2. The zero-order valence-corrected chi connectivity index (χ0v) is 18.2. The average molecular weight is 431 g/mol. The van der Waals surface area contributed by atoms with E-state index in [-0.39, 0.29) is 12.6 Å². The number of carbonyl (C=O) groups is 3. The van der Waals surface area contributed by atoms with E-state index in [1.54, 1.807) is 0 Å². The minimum atomic E-state index is -0.807. The molecule has 1 aromatic carbocycles. The fraction of sp³-hybridized carbons (Fsp3) is 0.409. The van der Waals surface area contributed by atoms with Gasteiger partial charge in [-0.25, -0.2) is 4.79 Å². The second-order valence-electron chi connectivity index (χ2n) is 7.35. The second-order valence-corrected chi connectivity index (χ2v) is 8.46. The van der Waals surface area contributed by atoms with Crippen LogP contribution in [-0.4, -0.2) is 31.0 Å². The molecule has 7 nitrogen and oxygen atoms in total.